The summed E-state index contributed by atoms with van der Waals surface area (Å²) in [6, 6.07) is 37.5. The van der Waals surface area contributed by atoms with Crippen LogP contribution in [0.2, 0.25) is 0 Å². The van der Waals surface area contributed by atoms with Crippen LogP contribution < -0.4 is 48.7 Å². The molecule has 2 aliphatic rings. The Bertz CT molecular complexity index is 2600. The number of ether oxygens (including phenoxy) is 7. The van der Waals surface area contributed by atoms with Gasteiger partial charge in [0.2, 0.25) is 0 Å². The molecular formula is C49H48NO8+. The van der Waals surface area contributed by atoms with Gasteiger partial charge in [-0.3, -0.25) is 0 Å². The highest BCUT2D eigenvalue weighted by molar-refractivity contribution is 5.82. The third-order valence-corrected chi connectivity index (χ3v) is 11.2. The zero-order valence-corrected chi connectivity index (χ0v) is 34.0. The first-order valence-electron chi connectivity index (χ1n) is 19.4. The van der Waals surface area contributed by atoms with Crippen molar-refractivity contribution in [3.63, 3.8) is 0 Å². The van der Waals surface area contributed by atoms with Gasteiger partial charge < -0.3 is 38.1 Å². The molecule has 9 heteroatoms. The molecular weight excluding hydrogens is 731 g/mol. The first-order valence-corrected chi connectivity index (χ1v) is 19.4. The van der Waals surface area contributed by atoms with Crippen LogP contribution in [0.15, 0.2) is 114 Å². The van der Waals surface area contributed by atoms with Crippen molar-refractivity contribution < 1.29 is 33.2 Å². The van der Waals surface area contributed by atoms with E-state index in [9.17, 15) is 0 Å². The molecule has 296 valence electrons. The minimum atomic E-state index is -0.270. The fourth-order valence-corrected chi connectivity index (χ4v) is 8.36. The molecule has 2 heterocycles. The highest BCUT2D eigenvalue weighted by Gasteiger charge is 2.36. The predicted octanol–water partition coefficient (Wildman–Crippen LogP) is 8.40. The molecule has 58 heavy (non-hydrogen) atoms. The van der Waals surface area contributed by atoms with Crippen molar-refractivity contribution in [1.29, 1.82) is 0 Å². The first kappa shape index (κ1) is 38.3. The van der Waals surface area contributed by atoms with Crippen LogP contribution in [0.4, 0.5) is 5.69 Å². The summed E-state index contributed by atoms with van der Waals surface area (Å²) >= 11 is 0. The fraction of sp³-hybridized carbons (Fsp3) is 0.245. The number of benzene rings is 6. The van der Waals surface area contributed by atoms with Crippen molar-refractivity contribution in [2.75, 3.05) is 67.8 Å². The summed E-state index contributed by atoms with van der Waals surface area (Å²) in [5.41, 5.74) is 7.73. The Morgan fingerprint density at radius 3 is 1.48 bits per heavy atom. The molecule has 0 spiro atoms. The van der Waals surface area contributed by atoms with Crippen LogP contribution in [-0.2, 0) is 0 Å². The van der Waals surface area contributed by atoms with Gasteiger partial charge in [-0.05, 0) is 107 Å². The fourth-order valence-electron chi connectivity index (χ4n) is 8.36. The van der Waals surface area contributed by atoms with Crippen LogP contribution >= 0.6 is 0 Å². The van der Waals surface area contributed by atoms with E-state index in [-0.39, 0.29) is 5.92 Å². The van der Waals surface area contributed by atoms with Crippen molar-refractivity contribution in [3.8, 4) is 46.0 Å². The summed E-state index contributed by atoms with van der Waals surface area (Å²) in [6.07, 6.45) is 2.41. The van der Waals surface area contributed by atoms with Gasteiger partial charge in [0.05, 0.1) is 49.8 Å². The molecule has 2 aliphatic heterocycles. The number of rotatable bonds is 13. The molecule has 0 aromatic heterocycles. The maximum Gasteiger partial charge on any atom is 0.407 e. The van der Waals surface area contributed by atoms with E-state index in [1.165, 1.54) is 18.5 Å². The summed E-state index contributed by atoms with van der Waals surface area (Å²) in [5, 5.41) is 2.55. The second-order valence-corrected chi connectivity index (χ2v) is 14.2. The van der Waals surface area contributed by atoms with Crippen molar-refractivity contribution in [2.45, 2.75) is 18.8 Å². The average Bonchev–Trinajstić information content (AvgIpc) is 3.97. The molecule has 0 N–H and O–H groups in total. The normalized spacial score (nSPS) is 13.2. The largest absolute Gasteiger partial charge is 0.497 e. The molecule has 8 rings (SSSR count). The molecule has 6 aromatic rings. The van der Waals surface area contributed by atoms with Crippen LogP contribution in [0.25, 0.3) is 5.57 Å². The molecule has 0 saturated carbocycles. The van der Waals surface area contributed by atoms with E-state index >= 15 is 0 Å². The molecule has 1 atom stereocenters. The van der Waals surface area contributed by atoms with E-state index in [0.717, 1.165) is 79.4 Å². The predicted molar refractivity (Wildman–Crippen MR) is 227 cm³/mol. The monoisotopic (exact) mass is 778 g/mol. The molecule has 6 aromatic carbocycles. The topological polar surface area (TPSA) is 79.2 Å². The molecule has 1 saturated heterocycles. The third-order valence-electron chi connectivity index (χ3n) is 11.2. The van der Waals surface area contributed by atoms with E-state index in [0.29, 0.717) is 34.2 Å². The third kappa shape index (κ3) is 6.80. The second kappa shape index (κ2) is 16.5. The Balaban J connectivity index is 1.58. The standard InChI is InChI=1S/C49H48NO8/c1-51-35-20-12-31(13-21-35)42(30-10-18-34(19-11-30)50-26-8-9-27-50)38-28-40(54-4)46(56-6)48-44(38)45-39(29-41(55-5)47(57-7)49(45)58-48)43(32-14-22-36(52-2)23-15-32)33-16-24-37(53-3)25-17-33/h10-25,28-29,42H,8-9,26-27H2,1-7H3/q+1. The van der Waals surface area contributed by atoms with Gasteiger partial charge in [-0.15, -0.1) is 0 Å². The van der Waals surface area contributed by atoms with Gasteiger partial charge in [0, 0.05) is 29.9 Å². The quantitative estimate of drug-likeness (QED) is 0.0854. The maximum atomic E-state index is 7.01. The van der Waals surface area contributed by atoms with Crippen molar-refractivity contribution in [1.82, 2.24) is 0 Å². The van der Waals surface area contributed by atoms with Gasteiger partial charge in [-0.25, -0.2) is 0 Å². The zero-order valence-electron chi connectivity index (χ0n) is 34.0. The first-order chi connectivity index (χ1) is 28.4. The molecule has 0 bridgehead atoms. The maximum absolute atomic E-state index is 7.01. The smallest absolute Gasteiger partial charge is 0.407 e. The van der Waals surface area contributed by atoms with E-state index in [1.54, 1.807) is 49.8 Å². The molecule has 0 radical (unpaired) electrons. The molecule has 0 aliphatic carbocycles. The van der Waals surface area contributed by atoms with Crippen molar-refractivity contribution >= 4 is 11.3 Å². The lowest BCUT2D eigenvalue weighted by Gasteiger charge is -2.22. The highest BCUT2D eigenvalue weighted by atomic mass is 16.5. The van der Waals surface area contributed by atoms with E-state index in [1.807, 2.05) is 42.5 Å². The molecule has 1 fully saturated rings. The van der Waals surface area contributed by atoms with Gasteiger partial charge in [-0.1, -0.05) is 48.5 Å². The SMILES string of the molecule is COc1ccc(C(c2ccc(OC)cc2)=c2cc(OC)c(OC)c3c2=c2c(C(c4ccc(OC)cc4)c4ccc(N5CCCC5)cc4)cc(OC)c(OC)c2=[O+]3)cc1. The summed E-state index contributed by atoms with van der Waals surface area (Å²) in [5.74, 6) is 4.50. The van der Waals surface area contributed by atoms with E-state index in [4.69, 9.17) is 37.6 Å². The zero-order chi connectivity index (χ0) is 40.3. The lowest BCUT2D eigenvalue weighted by molar-refractivity contribution is 0.351. The Morgan fingerprint density at radius 2 is 1.00 bits per heavy atom. The van der Waals surface area contributed by atoms with Gasteiger partial charge >= 0.3 is 11.2 Å². The van der Waals surface area contributed by atoms with Gasteiger partial charge in [0.15, 0.2) is 11.5 Å². The van der Waals surface area contributed by atoms with Crippen LogP contribution in [0.3, 0.4) is 0 Å². The Kier molecular flexibility index (Phi) is 10.9. The van der Waals surface area contributed by atoms with Gasteiger partial charge in [0.1, 0.15) is 27.7 Å². The molecule has 9 nitrogen and oxygen atoms in total. The van der Waals surface area contributed by atoms with Crippen LogP contribution in [0, 0.1) is 10.4 Å². The van der Waals surface area contributed by atoms with Gasteiger partial charge in [-0.2, -0.15) is 4.42 Å². The lowest BCUT2D eigenvalue weighted by Crippen LogP contribution is -2.18. The van der Waals surface area contributed by atoms with Crippen LogP contribution in [-0.4, -0.2) is 62.9 Å². The Morgan fingerprint density at radius 1 is 0.517 bits per heavy atom. The van der Waals surface area contributed by atoms with Crippen molar-refractivity contribution in [3.05, 3.63) is 163 Å². The minimum Gasteiger partial charge on any atom is -0.497 e. The average molecular weight is 779 g/mol. The van der Waals surface area contributed by atoms with E-state index < -0.39 is 0 Å². The highest BCUT2D eigenvalue weighted by Crippen LogP contribution is 2.44. The van der Waals surface area contributed by atoms with Gasteiger partial charge in [0.25, 0.3) is 11.5 Å². The lowest BCUT2D eigenvalue weighted by atomic mass is 9.83. The van der Waals surface area contributed by atoms with E-state index in [2.05, 4.69) is 71.6 Å². The van der Waals surface area contributed by atoms with Crippen molar-refractivity contribution in [2.24, 2.45) is 0 Å². The summed E-state index contributed by atoms with van der Waals surface area (Å²) in [7, 11) is 11.6. The molecule has 1 unspecified atom stereocenters. The summed E-state index contributed by atoms with van der Waals surface area (Å²) in [6.45, 7) is 2.13. The van der Waals surface area contributed by atoms with Crippen LogP contribution in [0.1, 0.15) is 46.6 Å². The Hall–Kier alpha value is -6.61. The van der Waals surface area contributed by atoms with Crippen LogP contribution in [0.5, 0.6) is 46.0 Å². The number of hydrogen-bond donors (Lipinski definition) is 0. The second-order valence-electron chi connectivity index (χ2n) is 14.2. The minimum absolute atomic E-state index is 0.270. The summed E-state index contributed by atoms with van der Waals surface area (Å²) in [4.78, 5) is 2.45. The number of hydrogen-bond acceptors (Lipinski definition) is 8. The number of anilines is 1. The number of methoxy groups -OCH3 is 7. The number of nitrogens with zero attached hydrogens (tertiary/aromatic N) is 1. The Labute approximate surface area is 338 Å². The number of fused-ring (bicyclic) bond motifs is 2. The summed E-state index contributed by atoms with van der Waals surface area (Å²) < 4.78 is 48.2. The molecule has 0 amide bonds.